The predicted molar refractivity (Wildman–Crippen MR) is 116 cm³/mol. The maximum atomic E-state index is 9.81. The highest BCUT2D eigenvalue weighted by Crippen LogP contribution is 2.44. The highest BCUT2D eigenvalue weighted by molar-refractivity contribution is 6.32. The Bertz CT molecular complexity index is 1160. The Balaban J connectivity index is 1.93. The summed E-state index contributed by atoms with van der Waals surface area (Å²) in [5, 5.41) is 16.0. The molecule has 2 aromatic heterocycles. The van der Waals surface area contributed by atoms with Crippen LogP contribution in [0.2, 0.25) is 5.02 Å². The van der Waals surface area contributed by atoms with Gasteiger partial charge in [0.05, 0.1) is 40.0 Å². The van der Waals surface area contributed by atoms with Crippen LogP contribution in [0.4, 0.5) is 0 Å². The minimum atomic E-state index is -0.182. The average Bonchev–Trinajstić information content (AvgIpc) is 3.04. The minimum absolute atomic E-state index is 0.182. The molecule has 156 valence electrons. The fourth-order valence-electron chi connectivity index (χ4n) is 4.39. The van der Waals surface area contributed by atoms with Gasteiger partial charge in [0.1, 0.15) is 18.1 Å². The monoisotopic (exact) mass is 424 g/mol. The van der Waals surface area contributed by atoms with Gasteiger partial charge in [-0.05, 0) is 40.8 Å². The summed E-state index contributed by atoms with van der Waals surface area (Å²) in [6, 6.07) is 3.96. The van der Waals surface area contributed by atoms with E-state index in [2.05, 4.69) is 34.9 Å². The first kappa shape index (κ1) is 20.6. The Morgan fingerprint density at radius 3 is 2.67 bits per heavy atom. The first-order chi connectivity index (χ1) is 14.4. The van der Waals surface area contributed by atoms with Crippen LogP contribution in [0.25, 0.3) is 11.0 Å². The quantitative estimate of drug-likeness (QED) is 0.615. The molecule has 1 atom stereocenters. The van der Waals surface area contributed by atoms with Crippen molar-refractivity contribution in [1.82, 2.24) is 24.6 Å². The Morgan fingerprint density at radius 2 is 2.03 bits per heavy atom. The third kappa shape index (κ3) is 3.21. The fourth-order valence-corrected chi connectivity index (χ4v) is 4.65. The van der Waals surface area contributed by atoms with Crippen molar-refractivity contribution >= 4 is 22.6 Å². The van der Waals surface area contributed by atoms with Gasteiger partial charge in [0, 0.05) is 30.1 Å². The van der Waals surface area contributed by atoms with Gasteiger partial charge in [-0.1, -0.05) is 11.6 Å². The third-order valence-corrected chi connectivity index (χ3v) is 6.14. The number of likely N-dealkylation sites (N-methyl/N-ethyl adjacent to an activating group) is 1. The zero-order valence-electron chi connectivity index (χ0n) is 17.9. The van der Waals surface area contributed by atoms with E-state index < -0.39 is 0 Å². The molecule has 1 aliphatic rings. The maximum absolute atomic E-state index is 9.81. The molecule has 0 radical (unpaired) electrons. The number of ether oxygens (including phenoxy) is 1. The molecule has 1 unspecified atom stereocenters. The van der Waals surface area contributed by atoms with Crippen molar-refractivity contribution in [3.05, 3.63) is 45.5 Å². The molecule has 4 rings (SSSR count). The van der Waals surface area contributed by atoms with Crippen LogP contribution >= 0.6 is 11.6 Å². The van der Waals surface area contributed by atoms with E-state index in [1.54, 1.807) is 6.33 Å². The first-order valence-corrected chi connectivity index (χ1v) is 10.5. The van der Waals surface area contributed by atoms with Crippen molar-refractivity contribution in [3.8, 4) is 11.8 Å². The van der Waals surface area contributed by atoms with E-state index in [0.717, 1.165) is 52.4 Å². The predicted octanol–water partition coefficient (Wildman–Crippen LogP) is 4.01. The number of nitrogens with zero attached hydrogens (tertiary/aromatic N) is 6. The van der Waals surface area contributed by atoms with Gasteiger partial charge in [-0.15, -0.1) is 0 Å². The summed E-state index contributed by atoms with van der Waals surface area (Å²) in [6.07, 6.45) is 1.56. The minimum Gasteiger partial charge on any atom is -0.493 e. The van der Waals surface area contributed by atoms with Gasteiger partial charge < -0.3 is 9.64 Å². The standard InChI is InChI=1S/C22H25ClN6O/c1-6-30-21-16(7-18(23)17(8-24)20(21)15-9-28(5)10-15)14(4)29-22-19(13(3)27-29)12(2)25-11-26-22/h7,11,14-15H,6,9-10H2,1-5H3. The second-order valence-corrected chi connectivity index (χ2v) is 8.30. The van der Waals surface area contributed by atoms with Gasteiger partial charge in [0.2, 0.25) is 0 Å². The molecule has 0 spiro atoms. The molecular weight excluding hydrogens is 400 g/mol. The zero-order valence-corrected chi connectivity index (χ0v) is 18.7. The lowest BCUT2D eigenvalue weighted by Gasteiger charge is -2.38. The zero-order chi connectivity index (χ0) is 21.6. The number of hydrogen-bond acceptors (Lipinski definition) is 6. The number of benzene rings is 1. The fraction of sp³-hybridized carbons (Fsp3) is 0.455. The normalized spacial score (nSPS) is 15.8. The number of fused-ring (bicyclic) bond motifs is 1. The molecule has 1 saturated heterocycles. The average molecular weight is 425 g/mol. The maximum Gasteiger partial charge on any atom is 0.162 e. The first-order valence-electron chi connectivity index (χ1n) is 10.1. The van der Waals surface area contributed by atoms with Crippen LogP contribution in [-0.4, -0.2) is 51.4 Å². The number of nitriles is 1. The third-order valence-electron chi connectivity index (χ3n) is 5.84. The van der Waals surface area contributed by atoms with Crippen LogP contribution in [0.5, 0.6) is 5.75 Å². The Hall–Kier alpha value is -2.69. The molecule has 0 saturated carbocycles. The van der Waals surface area contributed by atoms with Crippen LogP contribution in [-0.2, 0) is 0 Å². The molecule has 3 heterocycles. The van der Waals surface area contributed by atoms with E-state index in [-0.39, 0.29) is 12.0 Å². The number of rotatable bonds is 5. The number of aromatic nitrogens is 4. The van der Waals surface area contributed by atoms with Crippen LogP contribution < -0.4 is 4.74 Å². The van der Waals surface area contributed by atoms with Gasteiger partial charge in [-0.2, -0.15) is 10.4 Å². The van der Waals surface area contributed by atoms with Crippen molar-refractivity contribution in [3.63, 3.8) is 0 Å². The van der Waals surface area contributed by atoms with Crippen molar-refractivity contribution in [2.24, 2.45) is 0 Å². The molecule has 0 amide bonds. The van der Waals surface area contributed by atoms with Crippen LogP contribution in [0.1, 0.15) is 53.9 Å². The lowest BCUT2D eigenvalue weighted by molar-refractivity contribution is 0.185. The number of halogens is 1. The molecule has 1 fully saturated rings. The Labute approximate surface area is 181 Å². The van der Waals surface area contributed by atoms with Gasteiger partial charge in [0.15, 0.2) is 5.65 Å². The van der Waals surface area contributed by atoms with Gasteiger partial charge in [0.25, 0.3) is 0 Å². The summed E-state index contributed by atoms with van der Waals surface area (Å²) in [7, 11) is 2.07. The van der Waals surface area contributed by atoms with Gasteiger partial charge in [-0.25, -0.2) is 14.6 Å². The van der Waals surface area contributed by atoms with Crippen molar-refractivity contribution in [2.45, 2.75) is 39.7 Å². The van der Waals surface area contributed by atoms with E-state index in [1.165, 1.54) is 0 Å². The van der Waals surface area contributed by atoms with Crippen molar-refractivity contribution in [1.29, 1.82) is 5.26 Å². The lowest BCUT2D eigenvalue weighted by atomic mass is 9.85. The highest BCUT2D eigenvalue weighted by atomic mass is 35.5. The smallest absolute Gasteiger partial charge is 0.162 e. The second kappa shape index (κ2) is 7.86. The summed E-state index contributed by atoms with van der Waals surface area (Å²) < 4.78 is 8.04. The summed E-state index contributed by atoms with van der Waals surface area (Å²) in [5.74, 6) is 0.965. The van der Waals surface area contributed by atoms with Crippen LogP contribution in [0, 0.1) is 25.2 Å². The molecule has 8 heteroatoms. The van der Waals surface area contributed by atoms with E-state index in [4.69, 9.17) is 21.4 Å². The molecule has 1 aliphatic heterocycles. The molecule has 30 heavy (non-hydrogen) atoms. The summed E-state index contributed by atoms with van der Waals surface area (Å²) >= 11 is 6.60. The van der Waals surface area contributed by atoms with Gasteiger partial charge in [-0.3, -0.25) is 0 Å². The molecule has 0 bridgehead atoms. The van der Waals surface area contributed by atoms with Crippen molar-refractivity contribution in [2.75, 3.05) is 26.7 Å². The van der Waals surface area contributed by atoms with Crippen LogP contribution in [0.3, 0.4) is 0 Å². The Kier molecular flexibility index (Phi) is 5.39. The summed E-state index contributed by atoms with van der Waals surface area (Å²) in [4.78, 5) is 11.0. The molecule has 3 aromatic rings. The number of aryl methyl sites for hydroxylation is 2. The largest absolute Gasteiger partial charge is 0.493 e. The summed E-state index contributed by atoms with van der Waals surface area (Å²) in [6.45, 7) is 10.2. The Morgan fingerprint density at radius 1 is 1.30 bits per heavy atom. The van der Waals surface area contributed by atoms with E-state index >= 15 is 0 Å². The lowest BCUT2D eigenvalue weighted by Crippen LogP contribution is -2.42. The van der Waals surface area contributed by atoms with Crippen molar-refractivity contribution < 1.29 is 4.74 Å². The van der Waals surface area contributed by atoms with Crippen LogP contribution in [0.15, 0.2) is 12.4 Å². The SMILES string of the molecule is CCOc1c(C(C)n2nc(C)c3c(C)ncnc32)cc(Cl)c(C#N)c1C1CN(C)C1. The topological polar surface area (TPSA) is 79.9 Å². The summed E-state index contributed by atoms with van der Waals surface area (Å²) in [5.41, 5.74) is 4.89. The van der Waals surface area contributed by atoms with E-state index in [9.17, 15) is 5.26 Å². The van der Waals surface area contributed by atoms with Gasteiger partial charge >= 0.3 is 0 Å². The molecule has 1 aromatic carbocycles. The number of hydrogen-bond donors (Lipinski definition) is 0. The van der Waals surface area contributed by atoms with E-state index in [1.807, 2.05) is 31.5 Å². The van der Waals surface area contributed by atoms with E-state index in [0.29, 0.717) is 17.2 Å². The number of likely N-dealkylation sites (tertiary alicyclic amines) is 1. The molecule has 0 N–H and O–H groups in total. The molecule has 0 aliphatic carbocycles. The molecular formula is C22H25ClN6O. The molecule has 7 nitrogen and oxygen atoms in total. The highest BCUT2D eigenvalue weighted by Gasteiger charge is 2.34. The second-order valence-electron chi connectivity index (χ2n) is 7.89.